The van der Waals surface area contributed by atoms with Crippen LogP contribution in [0.4, 0.5) is 9.93 Å². The molecule has 1 amide bonds. The Morgan fingerprint density at radius 2 is 1.33 bits per heavy atom. The molecule has 0 aliphatic rings. The first kappa shape index (κ1) is 27.8. The van der Waals surface area contributed by atoms with Gasteiger partial charge in [0.1, 0.15) is 15.6 Å². The van der Waals surface area contributed by atoms with Crippen molar-refractivity contribution in [3.63, 3.8) is 0 Å². The molecule has 8 nitrogen and oxygen atoms in total. The number of nitrogens with zero attached hydrogens (tertiary/aromatic N) is 2. The number of aliphatic carboxylic acids is 1. The molecular formula is C29H26ClN3O5S. The SMILES string of the molecule is CC(C)(C)OC(=O)Nc1nc(/C(=N/OC(c2ccccc2)(c2ccccc2)c2ccccc2)C(=O)O)c(Cl)s1. The molecule has 4 rings (SSSR count). The fourth-order valence-corrected chi connectivity index (χ4v) is 4.90. The molecule has 1 aromatic heterocycles. The van der Waals surface area contributed by atoms with E-state index in [0.717, 1.165) is 28.0 Å². The van der Waals surface area contributed by atoms with Gasteiger partial charge >= 0.3 is 12.1 Å². The van der Waals surface area contributed by atoms with Crippen LogP contribution in [0.25, 0.3) is 0 Å². The summed E-state index contributed by atoms with van der Waals surface area (Å²) in [4.78, 5) is 35.1. The van der Waals surface area contributed by atoms with Crippen LogP contribution in [0.2, 0.25) is 4.34 Å². The molecule has 3 aromatic carbocycles. The van der Waals surface area contributed by atoms with E-state index in [1.165, 1.54) is 0 Å². The summed E-state index contributed by atoms with van der Waals surface area (Å²) in [6.07, 6.45) is -0.749. The van der Waals surface area contributed by atoms with Crippen molar-refractivity contribution >= 4 is 45.8 Å². The highest BCUT2D eigenvalue weighted by Crippen LogP contribution is 2.41. The summed E-state index contributed by atoms with van der Waals surface area (Å²) >= 11 is 7.25. The van der Waals surface area contributed by atoms with Gasteiger partial charge in [-0.25, -0.2) is 14.6 Å². The van der Waals surface area contributed by atoms with Gasteiger partial charge in [-0.1, -0.05) is 119 Å². The van der Waals surface area contributed by atoms with Gasteiger partial charge < -0.3 is 14.7 Å². The van der Waals surface area contributed by atoms with Crippen molar-refractivity contribution in [3.05, 3.63) is 118 Å². The van der Waals surface area contributed by atoms with E-state index in [0.29, 0.717) is 0 Å². The van der Waals surface area contributed by atoms with E-state index >= 15 is 0 Å². The third kappa shape index (κ3) is 6.45. The summed E-state index contributed by atoms with van der Waals surface area (Å²) in [5.41, 5.74) is -0.521. The fraction of sp³-hybridized carbons (Fsp3) is 0.172. The number of aromatic nitrogens is 1. The number of rotatable bonds is 8. The van der Waals surface area contributed by atoms with E-state index < -0.39 is 29.0 Å². The Morgan fingerprint density at radius 1 is 0.872 bits per heavy atom. The van der Waals surface area contributed by atoms with Crippen molar-refractivity contribution in [2.75, 3.05) is 5.32 Å². The smallest absolute Gasteiger partial charge is 0.413 e. The molecule has 0 saturated heterocycles. The Bertz CT molecular complexity index is 1370. The predicted molar refractivity (Wildman–Crippen MR) is 151 cm³/mol. The second-order valence-corrected chi connectivity index (χ2v) is 11.0. The standard InChI is InChI=1S/C29H26ClN3O5S/c1-28(2,3)37-27(36)32-26-31-22(24(30)39-26)23(25(34)35)33-38-29(19-13-7-4-8-14-19,20-15-9-5-10-16-20)21-17-11-6-12-18-21/h4-18H,1-3H3,(H,34,35)(H,31,32,36)/b33-23-. The van der Waals surface area contributed by atoms with Crippen LogP contribution in [0, 0.1) is 0 Å². The summed E-state index contributed by atoms with van der Waals surface area (Å²) in [6.45, 7) is 5.16. The number of halogens is 1. The topological polar surface area (TPSA) is 110 Å². The highest BCUT2D eigenvalue weighted by molar-refractivity contribution is 7.20. The summed E-state index contributed by atoms with van der Waals surface area (Å²) in [6, 6.07) is 28.1. The van der Waals surface area contributed by atoms with Crippen molar-refractivity contribution in [3.8, 4) is 0 Å². The molecule has 200 valence electrons. The third-order valence-electron chi connectivity index (χ3n) is 5.44. The zero-order valence-corrected chi connectivity index (χ0v) is 23.0. The molecule has 0 saturated carbocycles. The van der Waals surface area contributed by atoms with E-state index in [2.05, 4.69) is 15.5 Å². The Morgan fingerprint density at radius 3 is 1.74 bits per heavy atom. The lowest BCUT2D eigenvalue weighted by molar-refractivity contribution is -0.129. The first-order chi connectivity index (χ1) is 18.6. The van der Waals surface area contributed by atoms with Gasteiger partial charge in [-0.2, -0.15) is 0 Å². The summed E-state index contributed by atoms with van der Waals surface area (Å²) in [5, 5.41) is 16.8. The Hall–Kier alpha value is -4.21. The Balaban J connectivity index is 1.81. The summed E-state index contributed by atoms with van der Waals surface area (Å²) in [5.74, 6) is -1.41. The number of oxime groups is 1. The maximum Gasteiger partial charge on any atom is 0.413 e. The normalized spacial score (nSPS) is 12.1. The van der Waals surface area contributed by atoms with Crippen molar-refractivity contribution in [2.24, 2.45) is 5.16 Å². The molecule has 0 radical (unpaired) electrons. The number of carboxylic acid groups (broad SMARTS) is 1. The molecule has 0 spiro atoms. The van der Waals surface area contributed by atoms with Gasteiger partial charge in [0, 0.05) is 16.7 Å². The second kappa shape index (κ2) is 11.7. The number of benzene rings is 3. The molecule has 2 N–H and O–H groups in total. The van der Waals surface area contributed by atoms with Gasteiger partial charge in [-0.3, -0.25) is 5.32 Å². The number of carbonyl (C=O) groups excluding carboxylic acids is 1. The van der Waals surface area contributed by atoms with Crippen LogP contribution in [0.15, 0.2) is 96.2 Å². The zero-order chi connectivity index (χ0) is 28.0. The minimum Gasteiger partial charge on any atom is -0.476 e. The molecular weight excluding hydrogens is 538 g/mol. The van der Waals surface area contributed by atoms with E-state index in [1.54, 1.807) is 20.8 Å². The van der Waals surface area contributed by atoms with Gasteiger partial charge in [0.05, 0.1) is 0 Å². The van der Waals surface area contributed by atoms with E-state index in [1.807, 2.05) is 91.0 Å². The fourth-order valence-electron chi connectivity index (χ4n) is 3.87. The highest BCUT2D eigenvalue weighted by Gasteiger charge is 2.40. The van der Waals surface area contributed by atoms with Crippen LogP contribution in [0.1, 0.15) is 43.2 Å². The van der Waals surface area contributed by atoms with Gasteiger partial charge in [0.2, 0.25) is 11.3 Å². The number of hydrogen-bond donors (Lipinski definition) is 2. The number of hydrogen-bond acceptors (Lipinski definition) is 7. The van der Waals surface area contributed by atoms with Gasteiger partial charge in [0.15, 0.2) is 5.13 Å². The minimum absolute atomic E-state index is 0.00976. The molecule has 0 atom stereocenters. The Kier molecular flexibility index (Phi) is 8.32. The quantitative estimate of drug-likeness (QED) is 0.136. The second-order valence-electron chi connectivity index (χ2n) is 9.38. The molecule has 4 aromatic rings. The van der Waals surface area contributed by atoms with Crippen LogP contribution in [0.3, 0.4) is 0 Å². The lowest BCUT2D eigenvalue weighted by Gasteiger charge is -2.33. The molecule has 39 heavy (non-hydrogen) atoms. The number of anilines is 1. The first-order valence-electron chi connectivity index (χ1n) is 11.9. The van der Waals surface area contributed by atoms with Crippen molar-refractivity contribution in [1.82, 2.24) is 4.98 Å². The van der Waals surface area contributed by atoms with Crippen LogP contribution >= 0.6 is 22.9 Å². The maximum atomic E-state index is 12.4. The first-order valence-corrected chi connectivity index (χ1v) is 13.1. The highest BCUT2D eigenvalue weighted by atomic mass is 35.5. The largest absolute Gasteiger partial charge is 0.476 e. The molecule has 1 heterocycles. The predicted octanol–water partition coefficient (Wildman–Crippen LogP) is 6.94. The van der Waals surface area contributed by atoms with E-state index in [9.17, 15) is 14.7 Å². The van der Waals surface area contributed by atoms with Gasteiger partial charge in [-0.15, -0.1) is 0 Å². The number of carboxylic acids is 1. The average molecular weight is 564 g/mol. The van der Waals surface area contributed by atoms with Crippen molar-refractivity contribution in [2.45, 2.75) is 32.0 Å². The molecule has 0 fully saturated rings. The number of carbonyl (C=O) groups is 2. The van der Waals surface area contributed by atoms with Crippen LogP contribution in [-0.4, -0.2) is 33.5 Å². The number of amides is 1. The van der Waals surface area contributed by atoms with Crippen molar-refractivity contribution in [1.29, 1.82) is 0 Å². The van der Waals surface area contributed by atoms with Crippen LogP contribution < -0.4 is 5.32 Å². The minimum atomic E-state index is -1.41. The van der Waals surface area contributed by atoms with Gasteiger partial charge in [0.25, 0.3) is 0 Å². The summed E-state index contributed by atoms with van der Waals surface area (Å²) < 4.78 is 5.25. The average Bonchev–Trinajstić information content (AvgIpc) is 3.26. The summed E-state index contributed by atoms with van der Waals surface area (Å²) in [7, 11) is 0. The van der Waals surface area contributed by atoms with E-state index in [-0.39, 0.29) is 15.2 Å². The molecule has 0 aliphatic carbocycles. The lowest BCUT2D eigenvalue weighted by atomic mass is 9.80. The molecule has 0 aliphatic heterocycles. The van der Waals surface area contributed by atoms with E-state index in [4.69, 9.17) is 21.2 Å². The van der Waals surface area contributed by atoms with Gasteiger partial charge in [-0.05, 0) is 20.8 Å². The Labute approximate surface area is 234 Å². The number of nitrogens with one attached hydrogen (secondary N) is 1. The zero-order valence-electron chi connectivity index (χ0n) is 21.4. The maximum absolute atomic E-state index is 12.4. The van der Waals surface area contributed by atoms with Crippen molar-refractivity contribution < 1.29 is 24.3 Å². The van der Waals surface area contributed by atoms with Crippen LogP contribution in [0.5, 0.6) is 0 Å². The number of ether oxygens (including phenoxy) is 1. The monoisotopic (exact) mass is 563 g/mol. The molecule has 0 bridgehead atoms. The third-order valence-corrected chi connectivity index (χ3v) is 6.61. The number of thiazole rings is 1. The molecule has 0 unspecified atom stereocenters. The molecule has 10 heteroatoms. The lowest BCUT2D eigenvalue weighted by Crippen LogP contribution is -2.32. The van der Waals surface area contributed by atoms with Crippen LogP contribution in [-0.2, 0) is 20.0 Å².